The molecule has 0 heterocycles. The lowest BCUT2D eigenvalue weighted by atomic mass is 9.96. The summed E-state index contributed by atoms with van der Waals surface area (Å²) in [5.41, 5.74) is -0.0341. The number of ether oxygens (including phenoxy) is 2. The van der Waals surface area contributed by atoms with Crippen molar-refractivity contribution in [3.8, 4) is 5.75 Å². The third-order valence-corrected chi connectivity index (χ3v) is 4.55. The highest BCUT2D eigenvalue weighted by molar-refractivity contribution is 6.06. The van der Waals surface area contributed by atoms with E-state index in [0.29, 0.717) is 13.0 Å². The Morgan fingerprint density at radius 3 is 2.44 bits per heavy atom. The zero-order valence-corrected chi connectivity index (χ0v) is 15.7. The van der Waals surface area contributed by atoms with Gasteiger partial charge in [-0.2, -0.15) is 0 Å². The number of nitrogens with one attached hydrogen (secondary N) is 1. The molecule has 2 aromatic rings. The SMILES string of the molecule is CCCCCC(C)(OCC)C(=O)Nc1ccc(OC)c2ccccc12. The van der Waals surface area contributed by atoms with Crippen molar-refractivity contribution < 1.29 is 14.3 Å². The van der Waals surface area contributed by atoms with Gasteiger partial charge in [0.25, 0.3) is 5.91 Å². The number of hydrogen-bond acceptors (Lipinski definition) is 3. The number of fused-ring (bicyclic) bond motifs is 1. The summed E-state index contributed by atoms with van der Waals surface area (Å²) >= 11 is 0. The van der Waals surface area contributed by atoms with E-state index in [1.165, 1.54) is 0 Å². The number of hydrogen-bond donors (Lipinski definition) is 1. The van der Waals surface area contributed by atoms with Gasteiger partial charge in [-0.25, -0.2) is 0 Å². The smallest absolute Gasteiger partial charge is 0.256 e. The number of carbonyl (C=O) groups excluding carboxylic acids is 1. The van der Waals surface area contributed by atoms with E-state index in [-0.39, 0.29) is 5.91 Å². The minimum absolute atomic E-state index is 0.0965. The van der Waals surface area contributed by atoms with Crippen LogP contribution in [0, 0.1) is 0 Å². The lowest BCUT2D eigenvalue weighted by Gasteiger charge is -2.28. The van der Waals surface area contributed by atoms with Gasteiger partial charge in [-0.3, -0.25) is 4.79 Å². The first-order chi connectivity index (χ1) is 12.1. The third kappa shape index (κ3) is 4.51. The Morgan fingerprint density at radius 2 is 1.80 bits per heavy atom. The topological polar surface area (TPSA) is 47.6 Å². The summed E-state index contributed by atoms with van der Waals surface area (Å²) in [6.07, 6.45) is 3.91. The predicted octanol–water partition coefficient (Wildman–Crippen LogP) is 5.16. The first kappa shape index (κ1) is 19.3. The Labute approximate surface area is 150 Å². The Kier molecular flexibility index (Phi) is 6.82. The highest BCUT2D eigenvalue weighted by Crippen LogP contribution is 2.32. The van der Waals surface area contributed by atoms with Crippen molar-refractivity contribution in [1.29, 1.82) is 0 Å². The van der Waals surface area contributed by atoms with Crippen LogP contribution in [0.2, 0.25) is 0 Å². The molecule has 0 aromatic heterocycles. The fraction of sp³-hybridized carbons (Fsp3) is 0.476. The maximum Gasteiger partial charge on any atom is 0.256 e. The van der Waals surface area contributed by atoms with Crippen molar-refractivity contribution in [2.24, 2.45) is 0 Å². The lowest BCUT2D eigenvalue weighted by molar-refractivity contribution is -0.139. The summed E-state index contributed by atoms with van der Waals surface area (Å²) in [6.45, 7) is 6.47. The maximum atomic E-state index is 12.9. The molecule has 25 heavy (non-hydrogen) atoms. The van der Waals surface area contributed by atoms with Gasteiger partial charge in [-0.05, 0) is 32.4 Å². The molecule has 1 amide bonds. The number of methoxy groups -OCH3 is 1. The van der Waals surface area contributed by atoms with Crippen LogP contribution in [0.3, 0.4) is 0 Å². The van der Waals surface area contributed by atoms with Crippen LogP contribution < -0.4 is 10.1 Å². The van der Waals surface area contributed by atoms with Crippen molar-refractivity contribution >= 4 is 22.4 Å². The summed E-state index contributed by atoms with van der Waals surface area (Å²) in [6, 6.07) is 11.7. The molecule has 0 saturated carbocycles. The van der Waals surface area contributed by atoms with E-state index in [2.05, 4.69) is 12.2 Å². The van der Waals surface area contributed by atoms with E-state index in [1.54, 1.807) is 7.11 Å². The number of anilines is 1. The average Bonchev–Trinajstić information content (AvgIpc) is 2.62. The third-order valence-electron chi connectivity index (χ3n) is 4.55. The molecular weight excluding hydrogens is 314 g/mol. The minimum atomic E-state index is -0.815. The van der Waals surface area contributed by atoms with E-state index in [9.17, 15) is 4.79 Å². The van der Waals surface area contributed by atoms with Crippen molar-refractivity contribution in [1.82, 2.24) is 0 Å². The standard InChI is InChI=1S/C21H29NO3/c1-5-7-10-15-21(3,25-6-2)20(23)22-18-13-14-19(24-4)17-12-9-8-11-16(17)18/h8-9,11-14H,5-7,10,15H2,1-4H3,(H,22,23). The molecule has 4 heteroatoms. The monoisotopic (exact) mass is 343 g/mol. The second kappa shape index (κ2) is 8.86. The van der Waals surface area contributed by atoms with Gasteiger partial charge in [0.1, 0.15) is 11.4 Å². The van der Waals surface area contributed by atoms with Crippen LogP contribution in [-0.4, -0.2) is 25.2 Å². The molecule has 0 spiro atoms. The van der Waals surface area contributed by atoms with Gasteiger partial charge < -0.3 is 14.8 Å². The summed E-state index contributed by atoms with van der Waals surface area (Å²) < 4.78 is 11.3. The van der Waals surface area contributed by atoms with E-state index in [1.807, 2.05) is 50.2 Å². The van der Waals surface area contributed by atoms with E-state index in [4.69, 9.17) is 9.47 Å². The summed E-state index contributed by atoms with van der Waals surface area (Å²) in [5.74, 6) is 0.699. The van der Waals surface area contributed by atoms with Crippen molar-refractivity contribution in [3.63, 3.8) is 0 Å². The molecule has 4 nitrogen and oxygen atoms in total. The Hall–Kier alpha value is -2.07. The van der Waals surface area contributed by atoms with E-state index in [0.717, 1.165) is 41.5 Å². The van der Waals surface area contributed by atoms with Crippen LogP contribution in [0.25, 0.3) is 10.8 Å². The molecule has 1 N–H and O–H groups in total. The first-order valence-corrected chi connectivity index (χ1v) is 9.07. The van der Waals surface area contributed by atoms with Gasteiger partial charge in [0.15, 0.2) is 0 Å². The number of carbonyl (C=O) groups is 1. The highest BCUT2D eigenvalue weighted by atomic mass is 16.5. The van der Waals surface area contributed by atoms with Gasteiger partial charge >= 0.3 is 0 Å². The van der Waals surface area contributed by atoms with Gasteiger partial charge in [-0.15, -0.1) is 0 Å². The van der Waals surface area contributed by atoms with Crippen molar-refractivity contribution in [3.05, 3.63) is 36.4 Å². The zero-order chi connectivity index (χ0) is 18.3. The molecule has 0 aliphatic heterocycles. The second-order valence-corrected chi connectivity index (χ2v) is 6.44. The lowest BCUT2D eigenvalue weighted by Crippen LogP contribution is -2.42. The fourth-order valence-electron chi connectivity index (χ4n) is 3.10. The highest BCUT2D eigenvalue weighted by Gasteiger charge is 2.33. The molecular formula is C21H29NO3. The zero-order valence-electron chi connectivity index (χ0n) is 15.7. The Morgan fingerprint density at radius 1 is 1.08 bits per heavy atom. The second-order valence-electron chi connectivity index (χ2n) is 6.44. The molecule has 2 aromatic carbocycles. The summed E-state index contributed by atoms with van der Waals surface area (Å²) in [5, 5.41) is 5.01. The van der Waals surface area contributed by atoms with Crippen molar-refractivity contribution in [2.75, 3.05) is 19.0 Å². The number of amides is 1. The molecule has 0 radical (unpaired) electrons. The van der Waals surface area contributed by atoms with Crippen molar-refractivity contribution in [2.45, 2.75) is 52.1 Å². The Bertz CT molecular complexity index is 713. The van der Waals surface area contributed by atoms with Crippen LogP contribution in [0.15, 0.2) is 36.4 Å². The van der Waals surface area contributed by atoms with Crippen LogP contribution in [0.1, 0.15) is 46.5 Å². The summed E-state index contributed by atoms with van der Waals surface area (Å²) in [4.78, 5) is 12.9. The molecule has 0 bridgehead atoms. The molecule has 0 fully saturated rings. The number of rotatable bonds is 9. The van der Waals surface area contributed by atoms with Crippen LogP contribution in [-0.2, 0) is 9.53 Å². The predicted molar refractivity (Wildman–Crippen MR) is 103 cm³/mol. The van der Waals surface area contributed by atoms with Crippen LogP contribution >= 0.6 is 0 Å². The molecule has 0 aliphatic carbocycles. The molecule has 136 valence electrons. The normalized spacial score (nSPS) is 13.4. The molecule has 1 atom stereocenters. The average molecular weight is 343 g/mol. The summed E-state index contributed by atoms with van der Waals surface area (Å²) in [7, 11) is 1.65. The first-order valence-electron chi connectivity index (χ1n) is 9.07. The fourth-order valence-corrected chi connectivity index (χ4v) is 3.10. The molecule has 2 rings (SSSR count). The Balaban J connectivity index is 2.27. The number of unbranched alkanes of at least 4 members (excludes halogenated alkanes) is 2. The molecule has 1 unspecified atom stereocenters. The van der Waals surface area contributed by atoms with Gasteiger partial charge in [0.05, 0.1) is 7.11 Å². The quantitative estimate of drug-likeness (QED) is 0.640. The molecule has 0 aliphatic rings. The van der Waals surface area contributed by atoms with E-state index >= 15 is 0 Å². The van der Waals surface area contributed by atoms with Gasteiger partial charge in [0.2, 0.25) is 0 Å². The van der Waals surface area contributed by atoms with Gasteiger partial charge in [-0.1, -0.05) is 50.5 Å². The van der Waals surface area contributed by atoms with Crippen LogP contribution in [0.5, 0.6) is 5.75 Å². The van der Waals surface area contributed by atoms with E-state index < -0.39 is 5.60 Å². The van der Waals surface area contributed by atoms with Gasteiger partial charge in [0, 0.05) is 23.1 Å². The maximum absolute atomic E-state index is 12.9. The molecule has 0 saturated heterocycles. The van der Waals surface area contributed by atoms with Crippen LogP contribution in [0.4, 0.5) is 5.69 Å². The number of benzene rings is 2. The minimum Gasteiger partial charge on any atom is -0.496 e. The largest absolute Gasteiger partial charge is 0.496 e.